The van der Waals surface area contributed by atoms with Gasteiger partial charge in [-0.15, -0.1) is 22.7 Å². The lowest BCUT2D eigenvalue weighted by Gasteiger charge is -2.09. The topological polar surface area (TPSA) is 51.8 Å². The van der Waals surface area contributed by atoms with E-state index in [2.05, 4.69) is 121 Å². The van der Waals surface area contributed by atoms with Crippen molar-refractivity contribution in [2.24, 2.45) is 0 Å². The summed E-state index contributed by atoms with van der Waals surface area (Å²) in [5.74, 6) is 1.90. The summed E-state index contributed by atoms with van der Waals surface area (Å²) in [5, 5.41) is 7.20. The van der Waals surface area contributed by atoms with Gasteiger partial charge in [0.2, 0.25) is 0 Å². The average Bonchev–Trinajstić information content (AvgIpc) is 3.88. The molecule has 0 fully saturated rings. The smallest absolute Gasteiger partial charge is 0.165 e. The van der Waals surface area contributed by atoms with Crippen LogP contribution in [0.4, 0.5) is 0 Å². The molecular weight excluding hydrogens is 663 g/mol. The Hall–Kier alpha value is -6.21. The number of rotatable bonds is 4. The molecule has 0 saturated heterocycles. The minimum Gasteiger partial charge on any atom is -0.456 e. The number of furan rings is 1. The quantitative estimate of drug-likeness (QED) is 0.185. The molecule has 238 valence electrons. The molecular formula is C45H25N3OS2. The molecule has 0 unspecified atom stereocenters. The minimum atomic E-state index is 0.608. The summed E-state index contributed by atoms with van der Waals surface area (Å²) in [6, 6.07) is 53.3. The molecule has 0 aliphatic carbocycles. The van der Waals surface area contributed by atoms with Crippen molar-refractivity contribution in [3.05, 3.63) is 152 Å². The highest BCUT2D eigenvalue weighted by Crippen LogP contribution is 2.41. The Morgan fingerprint density at radius 2 is 0.980 bits per heavy atom. The Labute approximate surface area is 299 Å². The van der Waals surface area contributed by atoms with Gasteiger partial charge >= 0.3 is 0 Å². The zero-order valence-electron chi connectivity index (χ0n) is 27.0. The molecule has 4 aromatic heterocycles. The zero-order valence-corrected chi connectivity index (χ0v) is 28.6. The van der Waals surface area contributed by atoms with Gasteiger partial charge in [-0.05, 0) is 65.7 Å². The lowest BCUT2D eigenvalue weighted by Crippen LogP contribution is -2.00. The van der Waals surface area contributed by atoms with Crippen LogP contribution in [0.25, 0.3) is 108 Å². The van der Waals surface area contributed by atoms with Gasteiger partial charge in [-0.25, -0.2) is 15.0 Å². The van der Waals surface area contributed by atoms with Crippen molar-refractivity contribution in [3.63, 3.8) is 0 Å². The molecule has 0 atom stereocenters. The van der Waals surface area contributed by atoms with Crippen molar-refractivity contribution < 1.29 is 4.42 Å². The highest BCUT2D eigenvalue weighted by atomic mass is 32.1. The lowest BCUT2D eigenvalue weighted by atomic mass is 10.0. The molecule has 0 N–H and O–H groups in total. The molecule has 0 spiro atoms. The number of hydrogen-bond acceptors (Lipinski definition) is 6. The lowest BCUT2D eigenvalue weighted by molar-refractivity contribution is 0.669. The van der Waals surface area contributed by atoms with Crippen molar-refractivity contribution in [2.45, 2.75) is 0 Å². The molecule has 0 bridgehead atoms. The van der Waals surface area contributed by atoms with Crippen LogP contribution in [-0.2, 0) is 0 Å². The van der Waals surface area contributed by atoms with E-state index in [-0.39, 0.29) is 0 Å². The van der Waals surface area contributed by atoms with Gasteiger partial charge in [0, 0.05) is 67.8 Å². The minimum absolute atomic E-state index is 0.608. The Balaban J connectivity index is 1.05. The fourth-order valence-corrected chi connectivity index (χ4v) is 9.56. The number of benzene rings is 7. The number of fused-ring (bicyclic) bond motifs is 9. The number of aromatic nitrogens is 3. The van der Waals surface area contributed by atoms with Crippen LogP contribution in [0.15, 0.2) is 156 Å². The highest BCUT2D eigenvalue weighted by Gasteiger charge is 2.18. The third kappa shape index (κ3) is 4.61. The first kappa shape index (κ1) is 28.6. The van der Waals surface area contributed by atoms with E-state index in [1.165, 1.54) is 45.9 Å². The molecule has 0 aliphatic heterocycles. The Kier molecular flexibility index (Phi) is 6.26. The first-order valence-corrected chi connectivity index (χ1v) is 18.5. The molecule has 11 aromatic rings. The average molecular weight is 688 g/mol. The second-order valence-corrected chi connectivity index (χ2v) is 14.9. The van der Waals surface area contributed by atoms with Crippen LogP contribution in [0.2, 0.25) is 0 Å². The van der Waals surface area contributed by atoms with Crippen LogP contribution in [-0.4, -0.2) is 15.0 Å². The van der Waals surface area contributed by atoms with Crippen LogP contribution >= 0.6 is 22.7 Å². The molecule has 0 radical (unpaired) electrons. The van der Waals surface area contributed by atoms with E-state index in [4.69, 9.17) is 19.4 Å². The maximum Gasteiger partial charge on any atom is 0.165 e. The van der Waals surface area contributed by atoms with Crippen molar-refractivity contribution in [2.75, 3.05) is 0 Å². The standard InChI is InChI=1S/C45H25N3OS2/c1-2-9-26(10-3-1)43-46-44(48-45(47-43)34-14-8-13-33-31-11-4-7-16-40(31)51-42(33)34)29-17-20-30-35-23-27(18-21-37(35)49-38(30)25-29)28-19-22-41-36(24-28)32-12-5-6-15-39(32)50-41/h1-25H. The van der Waals surface area contributed by atoms with E-state index >= 15 is 0 Å². The first-order valence-electron chi connectivity index (χ1n) is 16.8. The zero-order chi connectivity index (χ0) is 33.5. The Morgan fingerprint density at radius 3 is 1.82 bits per heavy atom. The Morgan fingerprint density at radius 1 is 0.353 bits per heavy atom. The Bertz CT molecular complexity index is 3160. The normalized spacial score (nSPS) is 11.9. The summed E-state index contributed by atoms with van der Waals surface area (Å²) in [6.45, 7) is 0. The summed E-state index contributed by atoms with van der Waals surface area (Å²) in [5.41, 5.74) is 6.83. The summed E-state index contributed by atoms with van der Waals surface area (Å²) >= 11 is 3.62. The monoisotopic (exact) mass is 687 g/mol. The van der Waals surface area contributed by atoms with E-state index in [9.17, 15) is 0 Å². The van der Waals surface area contributed by atoms with E-state index in [0.29, 0.717) is 17.5 Å². The fourth-order valence-electron chi connectivity index (χ4n) is 7.27. The summed E-state index contributed by atoms with van der Waals surface area (Å²) in [7, 11) is 0. The number of hydrogen-bond donors (Lipinski definition) is 0. The van der Waals surface area contributed by atoms with Gasteiger partial charge in [-0.1, -0.05) is 97.1 Å². The van der Waals surface area contributed by atoms with Crippen molar-refractivity contribution in [1.82, 2.24) is 15.0 Å². The van der Waals surface area contributed by atoms with E-state index in [1.54, 1.807) is 11.3 Å². The second kappa shape index (κ2) is 11.2. The molecule has 7 aromatic carbocycles. The van der Waals surface area contributed by atoms with E-state index in [1.807, 2.05) is 41.7 Å². The molecule has 6 heteroatoms. The molecule has 0 aliphatic rings. The molecule has 0 amide bonds. The summed E-state index contributed by atoms with van der Waals surface area (Å²) < 4.78 is 11.5. The number of thiophene rings is 2. The first-order chi connectivity index (χ1) is 25.2. The van der Waals surface area contributed by atoms with Crippen LogP contribution in [0.5, 0.6) is 0 Å². The third-order valence-corrected chi connectivity index (χ3v) is 12.1. The van der Waals surface area contributed by atoms with Crippen LogP contribution in [0, 0.1) is 0 Å². The summed E-state index contributed by atoms with van der Waals surface area (Å²) in [6.07, 6.45) is 0. The molecule has 0 saturated carbocycles. The van der Waals surface area contributed by atoms with Gasteiger partial charge in [-0.3, -0.25) is 0 Å². The predicted molar refractivity (Wildman–Crippen MR) is 215 cm³/mol. The van der Waals surface area contributed by atoms with Crippen molar-refractivity contribution >= 4 is 85.0 Å². The van der Waals surface area contributed by atoms with Gasteiger partial charge in [0.15, 0.2) is 17.5 Å². The number of nitrogens with zero attached hydrogens (tertiary/aromatic N) is 3. The van der Waals surface area contributed by atoms with Crippen LogP contribution < -0.4 is 0 Å². The maximum atomic E-state index is 6.47. The largest absolute Gasteiger partial charge is 0.456 e. The maximum absolute atomic E-state index is 6.47. The molecule has 4 heterocycles. The van der Waals surface area contributed by atoms with Crippen LogP contribution in [0.1, 0.15) is 0 Å². The van der Waals surface area contributed by atoms with Crippen LogP contribution in [0.3, 0.4) is 0 Å². The molecule has 4 nitrogen and oxygen atoms in total. The third-order valence-electron chi connectivity index (χ3n) is 9.75. The van der Waals surface area contributed by atoms with Gasteiger partial charge < -0.3 is 4.42 Å². The molecule has 11 rings (SSSR count). The highest BCUT2D eigenvalue weighted by molar-refractivity contribution is 7.26. The fraction of sp³-hybridized carbons (Fsp3) is 0. The summed E-state index contributed by atoms with van der Waals surface area (Å²) in [4.78, 5) is 15.2. The van der Waals surface area contributed by atoms with Gasteiger partial charge in [-0.2, -0.15) is 0 Å². The van der Waals surface area contributed by atoms with Gasteiger partial charge in [0.05, 0.1) is 0 Å². The van der Waals surface area contributed by atoms with Crippen molar-refractivity contribution in [3.8, 4) is 45.3 Å². The predicted octanol–water partition coefficient (Wildman–Crippen LogP) is 13.2. The van der Waals surface area contributed by atoms with Gasteiger partial charge in [0.1, 0.15) is 11.2 Å². The van der Waals surface area contributed by atoms with Crippen molar-refractivity contribution in [1.29, 1.82) is 0 Å². The SMILES string of the molecule is c1ccc(-c2nc(-c3ccc4c(c3)oc3ccc(-c5ccc6sc7ccccc7c6c5)cc34)nc(-c3cccc4c3sc3ccccc34)n2)cc1. The second-order valence-electron chi connectivity index (χ2n) is 12.8. The van der Waals surface area contributed by atoms with E-state index in [0.717, 1.165) is 44.2 Å². The van der Waals surface area contributed by atoms with E-state index < -0.39 is 0 Å². The van der Waals surface area contributed by atoms with Gasteiger partial charge in [0.25, 0.3) is 0 Å². The molecule has 51 heavy (non-hydrogen) atoms.